The molecule has 0 saturated heterocycles. The summed E-state index contributed by atoms with van der Waals surface area (Å²) in [4.78, 5) is 3.40. The highest BCUT2D eigenvalue weighted by Crippen LogP contribution is 2.29. The smallest absolute Gasteiger partial charge is 0.0459 e. The van der Waals surface area contributed by atoms with E-state index in [0.29, 0.717) is 11.8 Å². The molecule has 1 aromatic heterocycles. The Morgan fingerprint density at radius 1 is 1.25 bits per heavy atom. The summed E-state index contributed by atoms with van der Waals surface area (Å²) in [6.07, 6.45) is 3.36. The standard InChI is InChI=1S/C15H21N.H2/c1-5-11(4)14-9-16-15-8-12(10(2)3)6-7-13(14)15;/h6-11,16H,5H2,1-4H3;1H. The van der Waals surface area contributed by atoms with E-state index in [0.717, 1.165) is 0 Å². The number of fused-ring (bicyclic) bond motifs is 1. The highest BCUT2D eigenvalue weighted by Gasteiger charge is 2.10. The lowest BCUT2D eigenvalue weighted by Crippen LogP contribution is -1.90. The zero-order chi connectivity index (χ0) is 11.7. The van der Waals surface area contributed by atoms with Gasteiger partial charge in [-0.2, -0.15) is 0 Å². The van der Waals surface area contributed by atoms with Crippen molar-refractivity contribution in [2.75, 3.05) is 0 Å². The van der Waals surface area contributed by atoms with Crippen molar-refractivity contribution in [3.05, 3.63) is 35.5 Å². The van der Waals surface area contributed by atoms with E-state index in [9.17, 15) is 0 Å². The molecule has 0 aliphatic heterocycles. The van der Waals surface area contributed by atoms with Gasteiger partial charge in [0.15, 0.2) is 0 Å². The van der Waals surface area contributed by atoms with E-state index in [-0.39, 0.29) is 1.43 Å². The van der Waals surface area contributed by atoms with Gasteiger partial charge in [-0.25, -0.2) is 0 Å². The monoisotopic (exact) mass is 217 g/mol. The zero-order valence-electron chi connectivity index (χ0n) is 10.7. The van der Waals surface area contributed by atoms with Gasteiger partial charge in [0.2, 0.25) is 0 Å². The van der Waals surface area contributed by atoms with E-state index in [1.807, 2.05) is 0 Å². The van der Waals surface area contributed by atoms with Crippen molar-refractivity contribution < 1.29 is 1.43 Å². The number of H-pyrrole nitrogens is 1. The normalized spacial score (nSPS) is 13.6. The summed E-state index contributed by atoms with van der Waals surface area (Å²) in [6, 6.07) is 6.81. The molecule has 1 aromatic carbocycles. The molecule has 0 aliphatic carbocycles. The number of rotatable bonds is 3. The Kier molecular flexibility index (Phi) is 3.04. The zero-order valence-corrected chi connectivity index (χ0v) is 10.7. The van der Waals surface area contributed by atoms with Crippen molar-refractivity contribution in [1.82, 2.24) is 4.98 Å². The van der Waals surface area contributed by atoms with Crippen molar-refractivity contribution in [3.63, 3.8) is 0 Å². The molecule has 1 heteroatoms. The third kappa shape index (κ3) is 1.87. The van der Waals surface area contributed by atoms with Gasteiger partial charge in [0.1, 0.15) is 0 Å². The van der Waals surface area contributed by atoms with E-state index in [4.69, 9.17) is 0 Å². The topological polar surface area (TPSA) is 15.8 Å². The summed E-state index contributed by atoms with van der Waals surface area (Å²) < 4.78 is 0. The largest absolute Gasteiger partial charge is 0.361 e. The summed E-state index contributed by atoms with van der Waals surface area (Å²) >= 11 is 0. The first-order chi connectivity index (χ1) is 7.63. The van der Waals surface area contributed by atoms with Crippen LogP contribution in [0.25, 0.3) is 10.9 Å². The van der Waals surface area contributed by atoms with Gasteiger partial charge in [-0.3, -0.25) is 0 Å². The highest BCUT2D eigenvalue weighted by molar-refractivity contribution is 5.84. The van der Waals surface area contributed by atoms with Gasteiger partial charge in [-0.15, -0.1) is 0 Å². The second kappa shape index (κ2) is 4.32. The van der Waals surface area contributed by atoms with Gasteiger partial charge in [-0.1, -0.05) is 39.8 Å². The third-order valence-corrected chi connectivity index (χ3v) is 3.55. The maximum absolute atomic E-state index is 3.40. The fourth-order valence-corrected chi connectivity index (χ4v) is 2.15. The van der Waals surface area contributed by atoms with Crippen LogP contribution in [0.4, 0.5) is 0 Å². The first-order valence-corrected chi connectivity index (χ1v) is 6.24. The lowest BCUT2D eigenvalue weighted by atomic mass is 9.96. The minimum Gasteiger partial charge on any atom is -0.361 e. The van der Waals surface area contributed by atoms with Gasteiger partial charge in [0.05, 0.1) is 0 Å². The quantitative estimate of drug-likeness (QED) is 0.740. The molecule has 0 amide bonds. The molecule has 0 bridgehead atoms. The van der Waals surface area contributed by atoms with E-state index in [2.05, 4.69) is 57.1 Å². The van der Waals surface area contributed by atoms with Gasteiger partial charge < -0.3 is 4.98 Å². The first-order valence-electron chi connectivity index (χ1n) is 6.24. The summed E-state index contributed by atoms with van der Waals surface area (Å²) in [5.41, 5.74) is 4.14. The molecule has 1 heterocycles. The number of benzene rings is 1. The van der Waals surface area contributed by atoms with Gasteiger partial charge >= 0.3 is 0 Å². The Labute approximate surface area is 99.4 Å². The molecule has 1 atom stereocenters. The molecule has 0 aliphatic rings. The van der Waals surface area contributed by atoms with Crippen LogP contribution in [0.2, 0.25) is 0 Å². The third-order valence-electron chi connectivity index (χ3n) is 3.55. The molecular formula is C15H23N. The van der Waals surface area contributed by atoms with Crippen LogP contribution < -0.4 is 0 Å². The average molecular weight is 217 g/mol. The van der Waals surface area contributed by atoms with Crippen molar-refractivity contribution in [2.45, 2.75) is 46.0 Å². The van der Waals surface area contributed by atoms with Gasteiger partial charge in [0.25, 0.3) is 0 Å². The number of aromatic amines is 1. The van der Waals surface area contributed by atoms with E-state index < -0.39 is 0 Å². The summed E-state index contributed by atoms with van der Waals surface area (Å²) in [7, 11) is 0. The molecule has 1 nitrogen and oxygen atoms in total. The van der Waals surface area contributed by atoms with Crippen LogP contribution in [0.1, 0.15) is 58.5 Å². The molecule has 2 rings (SSSR count). The Bertz CT molecular complexity index is 485. The number of hydrogen-bond donors (Lipinski definition) is 1. The molecule has 0 spiro atoms. The highest BCUT2D eigenvalue weighted by atomic mass is 14.7. The molecule has 16 heavy (non-hydrogen) atoms. The van der Waals surface area contributed by atoms with Crippen LogP contribution in [0.3, 0.4) is 0 Å². The van der Waals surface area contributed by atoms with Crippen LogP contribution >= 0.6 is 0 Å². The molecule has 2 aromatic rings. The van der Waals surface area contributed by atoms with Gasteiger partial charge in [0, 0.05) is 18.5 Å². The maximum Gasteiger partial charge on any atom is 0.0459 e. The van der Waals surface area contributed by atoms with E-state index >= 15 is 0 Å². The minimum atomic E-state index is 0. The second-order valence-corrected chi connectivity index (χ2v) is 5.01. The number of nitrogens with one attached hydrogen (secondary N) is 1. The molecule has 1 N–H and O–H groups in total. The predicted molar refractivity (Wildman–Crippen MR) is 73.2 cm³/mol. The van der Waals surface area contributed by atoms with Crippen molar-refractivity contribution >= 4 is 10.9 Å². The second-order valence-electron chi connectivity index (χ2n) is 5.01. The fourth-order valence-electron chi connectivity index (χ4n) is 2.15. The molecule has 0 fully saturated rings. The lowest BCUT2D eigenvalue weighted by Gasteiger charge is -2.08. The summed E-state index contributed by atoms with van der Waals surface area (Å²) in [5, 5.41) is 1.39. The Morgan fingerprint density at radius 3 is 2.62 bits per heavy atom. The molecule has 88 valence electrons. The molecule has 1 unspecified atom stereocenters. The van der Waals surface area contributed by atoms with Crippen molar-refractivity contribution in [1.29, 1.82) is 0 Å². The summed E-state index contributed by atoms with van der Waals surface area (Å²) in [5.74, 6) is 1.23. The molecular weight excluding hydrogens is 194 g/mol. The van der Waals surface area contributed by atoms with E-state index in [1.54, 1.807) is 0 Å². The average Bonchev–Trinajstić information content (AvgIpc) is 2.70. The Hall–Kier alpha value is -1.24. The lowest BCUT2D eigenvalue weighted by molar-refractivity contribution is 0.739. The van der Waals surface area contributed by atoms with Crippen LogP contribution in [0.15, 0.2) is 24.4 Å². The summed E-state index contributed by atoms with van der Waals surface area (Å²) in [6.45, 7) is 9.00. The molecule has 0 saturated carbocycles. The first kappa shape index (κ1) is 11.3. The Morgan fingerprint density at radius 2 is 2.00 bits per heavy atom. The molecule has 0 radical (unpaired) electrons. The van der Waals surface area contributed by atoms with Crippen LogP contribution in [-0.4, -0.2) is 4.98 Å². The van der Waals surface area contributed by atoms with Gasteiger partial charge in [-0.05, 0) is 35.4 Å². The van der Waals surface area contributed by atoms with Crippen LogP contribution in [0, 0.1) is 0 Å². The predicted octanol–water partition coefficient (Wildman–Crippen LogP) is 5.05. The number of hydrogen-bond acceptors (Lipinski definition) is 0. The van der Waals surface area contributed by atoms with Crippen molar-refractivity contribution in [2.24, 2.45) is 0 Å². The fraction of sp³-hybridized carbons (Fsp3) is 0.467. The number of aromatic nitrogens is 1. The minimum absolute atomic E-state index is 0. The van der Waals surface area contributed by atoms with Crippen molar-refractivity contribution in [3.8, 4) is 0 Å². The van der Waals surface area contributed by atoms with Crippen LogP contribution in [-0.2, 0) is 0 Å². The van der Waals surface area contributed by atoms with Crippen LogP contribution in [0.5, 0.6) is 0 Å². The SMILES string of the molecule is CCC(C)c1c[nH]c2cc(C(C)C)ccc12.[HH]. The Balaban J connectivity index is 0.00000144. The maximum atomic E-state index is 3.40. The van der Waals surface area contributed by atoms with E-state index in [1.165, 1.54) is 28.5 Å².